The van der Waals surface area contributed by atoms with Crippen LogP contribution in [0.5, 0.6) is 0 Å². The summed E-state index contributed by atoms with van der Waals surface area (Å²) in [6.07, 6.45) is 0.866. The number of halogens is 2. The van der Waals surface area contributed by atoms with Crippen molar-refractivity contribution in [2.24, 2.45) is 5.73 Å². The van der Waals surface area contributed by atoms with Crippen molar-refractivity contribution >= 4 is 17.4 Å². The highest BCUT2D eigenvalue weighted by Gasteiger charge is 2.13. The van der Waals surface area contributed by atoms with Crippen molar-refractivity contribution in [2.45, 2.75) is 32.7 Å². The summed E-state index contributed by atoms with van der Waals surface area (Å²) in [5.74, 6) is -0.253. The van der Waals surface area contributed by atoms with Gasteiger partial charge in [-0.2, -0.15) is 0 Å². The van der Waals surface area contributed by atoms with Crippen LogP contribution in [0.1, 0.15) is 36.9 Å². The molecule has 0 bridgehead atoms. The summed E-state index contributed by atoms with van der Waals surface area (Å²) in [6.45, 7) is 3.15. The lowest BCUT2D eigenvalue weighted by atomic mass is 10.0. The summed E-state index contributed by atoms with van der Waals surface area (Å²) in [6, 6.07) is 2.51. The smallest absolute Gasteiger partial charge is 0.129 e. The molecule has 1 atom stereocenters. The van der Waals surface area contributed by atoms with Gasteiger partial charge in [0, 0.05) is 17.5 Å². The molecular formula is C12H15ClFNO. The molecule has 1 rings (SSSR count). The topological polar surface area (TPSA) is 43.1 Å². The van der Waals surface area contributed by atoms with Crippen LogP contribution in [0.4, 0.5) is 4.39 Å². The van der Waals surface area contributed by atoms with E-state index in [4.69, 9.17) is 17.3 Å². The van der Waals surface area contributed by atoms with E-state index in [-0.39, 0.29) is 11.6 Å². The number of hydrogen-bond donors (Lipinski definition) is 1. The van der Waals surface area contributed by atoms with Crippen LogP contribution >= 0.6 is 11.6 Å². The second kappa shape index (κ2) is 5.41. The van der Waals surface area contributed by atoms with E-state index in [1.54, 1.807) is 13.0 Å². The molecule has 2 N–H and O–H groups in total. The van der Waals surface area contributed by atoms with Crippen LogP contribution in [0, 0.1) is 12.7 Å². The van der Waals surface area contributed by atoms with E-state index in [2.05, 4.69) is 0 Å². The van der Waals surface area contributed by atoms with E-state index in [1.807, 2.05) is 0 Å². The molecule has 16 heavy (non-hydrogen) atoms. The second-order valence-electron chi connectivity index (χ2n) is 3.97. The van der Waals surface area contributed by atoms with Crippen molar-refractivity contribution in [1.82, 2.24) is 0 Å². The van der Waals surface area contributed by atoms with Crippen LogP contribution in [0.15, 0.2) is 12.1 Å². The van der Waals surface area contributed by atoms with Crippen molar-refractivity contribution in [3.05, 3.63) is 34.1 Å². The molecule has 0 aliphatic carbocycles. The second-order valence-corrected chi connectivity index (χ2v) is 4.38. The number of rotatable bonds is 4. The lowest BCUT2D eigenvalue weighted by Gasteiger charge is -2.14. The Hall–Kier alpha value is -0.930. The van der Waals surface area contributed by atoms with E-state index in [1.165, 1.54) is 13.0 Å². The number of ketones is 1. The van der Waals surface area contributed by atoms with Gasteiger partial charge in [-0.05, 0) is 43.5 Å². The SMILES string of the molecule is CC(=O)CCC(N)c1cc(F)c(C)cc1Cl. The highest BCUT2D eigenvalue weighted by atomic mass is 35.5. The van der Waals surface area contributed by atoms with Gasteiger partial charge in [-0.15, -0.1) is 0 Å². The van der Waals surface area contributed by atoms with Crippen molar-refractivity contribution in [3.63, 3.8) is 0 Å². The molecule has 2 nitrogen and oxygen atoms in total. The minimum atomic E-state index is -0.397. The van der Waals surface area contributed by atoms with Gasteiger partial charge in [0.05, 0.1) is 0 Å². The zero-order valence-corrected chi connectivity index (χ0v) is 10.1. The number of carbonyl (C=O) groups is 1. The molecule has 1 aromatic carbocycles. The summed E-state index contributed by atoms with van der Waals surface area (Å²) >= 11 is 5.98. The molecule has 0 heterocycles. The molecular weight excluding hydrogens is 229 g/mol. The van der Waals surface area contributed by atoms with Crippen LogP contribution in [-0.2, 0) is 4.79 Å². The quantitative estimate of drug-likeness (QED) is 0.883. The molecule has 0 saturated carbocycles. The van der Waals surface area contributed by atoms with Gasteiger partial charge in [-0.3, -0.25) is 0 Å². The van der Waals surface area contributed by atoms with Gasteiger partial charge in [-0.25, -0.2) is 4.39 Å². The van der Waals surface area contributed by atoms with Crippen LogP contribution in [-0.4, -0.2) is 5.78 Å². The largest absolute Gasteiger partial charge is 0.324 e. The Balaban J connectivity index is 2.86. The summed E-state index contributed by atoms with van der Waals surface area (Å²) in [7, 11) is 0. The van der Waals surface area contributed by atoms with E-state index >= 15 is 0 Å². The summed E-state index contributed by atoms with van der Waals surface area (Å²) in [5.41, 5.74) is 6.91. The van der Waals surface area contributed by atoms with Gasteiger partial charge in [-0.1, -0.05) is 11.6 Å². The maximum Gasteiger partial charge on any atom is 0.129 e. The maximum atomic E-state index is 13.3. The molecule has 0 spiro atoms. The van der Waals surface area contributed by atoms with Gasteiger partial charge in [0.25, 0.3) is 0 Å². The van der Waals surface area contributed by atoms with Gasteiger partial charge >= 0.3 is 0 Å². The third-order valence-corrected chi connectivity index (χ3v) is 2.81. The fraction of sp³-hybridized carbons (Fsp3) is 0.417. The lowest BCUT2D eigenvalue weighted by molar-refractivity contribution is -0.117. The minimum Gasteiger partial charge on any atom is -0.324 e. The van der Waals surface area contributed by atoms with Crippen LogP contribution in [0.2, 0.25) is 5.02 Å². The standard InChI is InChI=1S/C12H15ClFNO/c1-7-5-10(13)9(6-11(7)14)12(15)4-3-8(2)16/h5-6,12H,3-4,15H2,1-2H3. The highest BCUT2D eigenvalue weighted by Crippen LogP contribution is 2.27. The van der Waals surface area contributed by atoms with E-state index in [9.17, 15) is 9.18 Å². The van der Waals surface area contributed by atoms with E-state index in [0.717, 1.165) is 0 Å². The Morgan fingerprint density at radius 1 is 1.56 bits per heavy atom. The average Bonchev–Trinajstić information content (AvgIpc) is 2.20. The van der Waals surface area contributed by atoms with Crippen LogP contribution < -0.4 is 5.73 Å². The van der Waals surface area contributed by atoms with Gasteiger partial charge < -0.3 is 10.5 Å². The van der Waals surface area contributed by atoms with Crippen LogP contribution in [0.3, 0.4) is 0 Å². The molecule has 0 saturated heterocycles. The van der Waals surface area contributed by atoms with Crippen molar-refractivity contribution in [2.75, 3.05) is 0 Å². The predicted octanol–water partition coefficient (Wildman–Crippen LogP) is 3.16. The van der Waals surface area contributed by atoms with E-state index < -0.39 is 6.04 Å². The first-order chi connectivity index (χ1) is 7.41. The number of carbonyl (C=O) groups excluding carboxylic acids is 1. The summed E-state index contributed by atoms with van der Waals surface area (Å²) in [4.78, 5) is 10.8. The van der Waals surface area contributed by atoms with Crippen molar-refractivity contribution in [1.29, 1.82) is 0 Å². The third kappa shape index (κ3) is 3.29. The number of nitrogens with two attached hydrogens (primary N) is 1. The highest BCUT2D eigenvalue weighted by molar-refractivity contribution is 6.31. The fourth-order valence-corrected chi connectivity index (χ4v) is 1.82. The van der Waals surface area contributed by atoms with Gasteiger partial charge in [0.1, 0.15) is 11.6 Å². The fourth-order valence-electron chi connectivity index (χ4n) is 1.46. The Bertz CT molecular complexity index is 406. The molecule has 0 aliphatic rings. The van der Waals surface area contributed by atoms with Crippen LogP contribution in [0.25, 0.3) is 0 Å². The summed E-state index contributed by atoms with van der Waals surface area (Å²) < 4.78 is 13.3. The van der Waals surface area contributed by atoms with Crippen molar-refractivity contribution in [3.8, 4) is 0 Å². The Kier molecular flexibility index (Phi) is 4.44. The Labute approximate surface area is 99.6 Å². The third-order valence-electron chi connectivity index (χ3n) is 2.48. The molecule has 0 aliphatic heterocycles. The monoisotopic (exact) mass is 243 g/mol. The first-order valence-electron chi connectivity index (χ1n) is 5.12. The molecule has 4 heteroatoms. The van der Waals surface area contributed by atoms with Gasteiger partial charge in [0.15, 0.2) is 0 Å². The zero-order chi connectivity index (χ0) is 12.3. The minimum absolute atomic E-state index is 0.0687. The molecule has 1 unspecified atom stereocenters. The number of benzene rings is 1. The number of Topliss-reactive ketones (excluding diaryl/α,β-unsaturated/α-hetero) is 1. The normalized spacial score (nSPS) is 12.6. The molecule has 88 valence electrons. The first kappa shape index (κ1) is 13.1. The molecule has 0 radical (unpaired) electrons. The molecule has 0 aromatic heterocycles. The lowest BCUT2D eigenvalue weighted by Crippen LogP contribution is -2.12. The number of aryl methyl sites for hydroxylation is 1. The zero-order valence-electron chi connectivity index (χ0n) is 9.39. The molecule has 1 aromatic rings. The summed E-state index contributed by atoms with van der Waals surface area (Å²) in [5, 5.41) is 0.454. The number of hydrogen-bond acceptors (Lipinski definition) is 2. The molecule has 0 fully saturated rings. The molecule has 0 amide bonds. The Morgan fingerprint density at radius 2 is 2.19 bits per heavy atom. The van der Waals surface area contributed by atoms with E-state index in [0.29, 0.717) is 29.0 Å². The first-order valence-corrected chi connectivity index (χ1v) is 5.50. The average molecular weight is 244 g/mol. The van der Waals surface area contributed by atoms with Gasteiger partial charge in [0.2, 0.25) is 0 Å². The maximum absolute atomic E-state index is 13.3. The Morgan fingerprint density at radius 3 is 2.75 bits per heavy atom. The van der Waals surface area contributed by atoms with Crippen molar-refractivity contribution < 1.29 is 9.18 Å². The predicted molar refractivity (Wildman–Crippen MR) is 63.0 cm³/mol.